The van der Waals surface area contributed by atoms with Crippen LogP contribution in [0, 0.1) is 0 Å². The van der Waals surface area contributed by atoms with Crippen LogP contribution in [0.4, 0.5) is 17.1 Å². The van der Waals surface area contributed by atoms with Crippen molar-refractivity contribution >= 4 is 22.6 Å². The zero-order valence-electron chi connectivity index (χ0n) is 30.6. The molecule has 0 atom stereocenters. The molecule has 8 rings (SSSR count). The van der Waals surface area contributed by atoms with Crippen molar-refractivity contribution in [3.05, 3.63) is 167 Å². The topological polar surface area (TPSA) is 3.24 Å². The molecule has 0 N–H and O–H groups in total. The number of rotatable bonds is 4. The smallest absolute Gasteiger partial charge is 0.0543 e. The highest BCUT2D eigenvalue weighted by Crippen LogP contribution is 2.60. The summed E-state index contributed by atoms with van der Waals surface area (Å²) in [6.45, 7) is 20.2. The molecule has 0 radical (unpaired) electrons. The van der Waals surface area contributed by atoms with E-state index in [-0.39, 0.29) is 16.2 Å². The summed E-state index contributed by atoms with van der Waals surface area (Å²) in [5.41, 5.74) is 18.3. The first-order chi connectivity index (χ1) is 23.5. The van der Waals surface area contributed by atoms with E-state index in [4.69, 9.17) is 0 Å². The fourth-order valence-corrected chi connectivity index (χ4v) is 8.38. The van der Waals surface area contributed by atoms with Gasteiger partial charge in [0, 0.05) is 16.2 Å². The summed E-state index contributed by atoms with van der Waals surface area (Å²) < 4.78 is 0. The summed E-state index contributed by atoms with van der Waals surface area (Å²) >= 11 is 0. The Morgan fingerprint density at radius 1 is 0.510 bits per heavy atom. The van der Waals surface area contributed by atoms with Gasteiger partial charge in [-0.05, 0) is 92.4 Å². The highest BCUT2D eigenvalue weighted by Gasteiger charge is 2.45. The van der Waals surface area contributed by atoms with Gasteiger partial charge in [0.2, 0.25) is 0 Å². The van der Waals surface area contributed by atoms with Crippen LogP contribution in [-0.2, 0) is 16.2 Å². The predicted octanol–water partition coefficient (Wildman–Crippen LogP) is 13.6. The number of benzene rings is 5. The van der Waals surface area contributed by atoms with E-state index in [1.54, 1.807) is 0 Å². The Labute approximate surface area is 294 Å². The Bertz CT molecular complexity index is 2160. The first-order valence-corrected chi connectivity index (χ1v) is 18.0. The Morgan fingerprint density at radius 3 is 1.69 bits per heavy atom. The van der Waals surface area contributed by atoms with Gasteiger partial charge in [0.05, 0.1) is 17.1 Å². The molecule has 3 aliphatic rings. The summed E-state index contributed by atoms with van der Waals surface area (Å²) in [6, 6.07) is 39.1. The zero-order chi connectivity index (χ0) is 34.7. The van der Waals surface area contributed by atoms with Crippen molar-refractivity contribution in [3.8, 4) is 22.3 Å². The molecule has 2 heterocycles. The quantitative estimate of drug-likeness (QED) is 0.177. The van der Waals surface area contributed by atoms with Crippen LogP contribution in [0.2, 0.25) is 0 Å². The van der Waals surface area contributed by atoms with Gasteiger partial charge < -0.3 is 4.90 Å². The fourth-order valence-electron chi connectivity index (χ4n) is 8.38. The molecule has 1 aliphatic carbocycles. The Balaban J connectivity index is 0.00000186. The number of para-hydroxylation sites is 2. The molecular formula is C48H49N. The lowest BCUT2D eigenvalue weighted by Gasteiger charge is -2.49. The molecule has 2 aliphatic heterocycles. The second-order valence-electron chi connectivity index (χ2n) is 15.1. The molecule has 0 amide bonds. The largest absolute Gasteiger partial charge is 0.309 e. The number of hydrogen-bond acceptors (Lipinski definition) is 1. The van der Waals surface area contributed by atoms with E-state index in [9.17, 15) is 0 Å². The Morgan fingerprint density at radius 2 is 1.04 bits per heavy atom. The third-order valence-electron chi connectivity index (χ3n) is 11.0. The second-order valence-corrected chi connectivity index (χ2v) is 15.1. The molecule has 0 fully saturated rings. The van der Waals surface area contributed by atoms with Crippen LogP contribution >= 0.6 is 0 Å². The van der Waals surface area contributed by atoms with Gasteiger partial charge in [-0.15, -0.1) is 0 Å². The molecule has 5 aromatic rings. The molecule has 1 heteroatoms. The molecule has 5 aromatic carbocycles. The van der Waals surface area contributed by atoms with Gasteiger partial charge in [0.1, 0.15) is 0 Å². The van der Waals surface area contributed by atoms with Gasteiger partial charge in [-0.2, -0.15) is 0 Å². The molecule has 0 spiro atoms. The molecule has 1 nitrogen and oxygen atoms in total. The van der Waals surface area contributed by atoms with Crippen molar-refractivity contribution < 1.29 is 0 Å². The summed E-state index contributed by atoms with van der Waals surface area (Å²) in [5.74, 6) is 0. The average Bonchev–Trinajstić information content (AvgIpc) is 3.37. The lowest BCUT2D eigenvalue weighted by Crippen LogP contribution is -2.38. The Hall–Kier alpha value is -4.88. The number of fused-ring (bicyclic) bond motifs is 5. The summed E-state index contributed by atoms with van der Waals surface area (Å²) in [5, 5.41) is 0. The number of hydrogen-bond donors (Lipinski definition) is 0. The maximum absolute atomic E-state index is 2.53. The zero-order valence-corrected chi connectivity index (χ0v) is 30.6. The SMILES string of the molecule is C/C=C\C=C/C1=CC(C)(C)c2cc(-c3ccc(-c4ccc5c(c4)C(C)(C)c4cccc6c4N5c4ccccc4C6(C)C)cc3)ccc21.CC. The van der Waals surface area contributed by atoms with Crippen LogP contribution in [-0.4, -0.2) is 0 Å². The number of nitrogens with zero attached hydrogens (tertiary/aromatic N) is 1. The minimum atomic E-state index is -0.137. The van der Waals surface area contributed by atoms with Crippen LogP contribution in [0.5, 0.6) is 0 Å². The van der Waals surface area contributed by atoms with E-state index in [2.05, 4.69) is 187 Å². The van der Waals surface area contributed by atoms with Gasteiger partial charge in [0.15, 0.2) is 0 Å². The minimum Gasteiger partial charge on any atom is -0.309 e. The molecule has 0 aromatic heterocycles. The van der Waals surface area contributed by atoms with Crippen LogP contribution < -0.4 is 4.90 Å². The number of allylic oxidation sites excluding steroid dienone is 6. The highest BCUT2D eigenvalue weighted by atomic mass is 15.2. The lowest BCUT2D eigenvalue weighted by molar-refractivity contribution is 0.597. The van der Waals surface area contributed by atoms with Crippen molar-refractivity contribution in [2.45, 2.75) is 78.6 Å². The van der Waals surface area contributed by atoms with Crippen molar-refractivity contribution in [3.63, 3.8) is 0 Å². The molecular weight excluding hydrogens is 591 g/mol. The van der Waals surface area contributed by atoms with E-state index in [0.717, 1.165) is 0 Å². The molecule has 49 heavy (non-hydrogen) atoms. The summed E-state index contributed by atoms with van der Waals surface area (Å²) in [6.07, 6.45) is 10.9. The summed E-state index contributed by atoms with van der Waals surface area (Å²) in [4.78, 5) is 2.53. The maximum Gasteiger partial charge on any atom is 0.0543 e. The van der Waals surface area contributed by atoms with Crippen LogP contribution in [0.1, 0.15) is 95.7 Å². The van der Waals surface area contributed by atoms with E-state index in [1.807, 2.05) is 13.8 Å². The predicted molar refractivity (Wildman–Crippen MR) is 213 cm³/mol. The normalized spacial score (nSPS) is 17.1. The van der Waals surface area contributed by atoms with Crippen molar-refractivity contribution in [1.29, 1.82) is 0 Å². The van der Waals surface area contributed by atoms with Crippen LogP contribution in [0.25, 0.3) is 27.8 Å². The standard InChI is InChI=1S/C46H43N.C2H6/c1-8-9-10-14-34-29-44(2,3)39-27-32(23-25-35(34)39)30-19-21-31(22-20-30)33-24-26-42-40(28-33)46(6,7)38-17-13-16-37-43(38)47(42)41-18-12-11-15-36(41)45(37,4)5;1-2/h8-29H,1-7H3;1-2H3/b9-8-,14-10-;. The molecule has 0 saturated carbocycles. The first-order valence-electron chi connectivity index (χ1n) is 18.0. The molecule has 0 unspecified atom stereocenters. The van der Waals surface area contributed by atoms with Gasteiger partial charge in [-0.1, -0.05) is 165 Å². The van der Waals surface area contributed by atoms with Crippen LogP contribution in [0.15, 0.2) is 134 Å². The lowest BCUT2D eigenvalue weighted by atomic mass is 9.66. The molecule has 0 saturated heterocycles. The van der Waals surface area contributed by atoms with Crippen LogP contribution in [0.3, 0.4) is 0 Å². The van der Waals surface area contributed by atoms with Crippen molar-refractivity contribution in [2.24, 2.45) is 0 Å². The molecule has 0 bridgehead atoms. The monoisotopic (exact) mass is 639 g/mol. The molecule has 246 valence electrons. The number of anilines is 3. The summed E-state index contributed by atoms with van der Waals surface area (Å²) in [7, 11) is 0. The van der Waals surface area contributed by atoms with Gasteiger partial charge >= 0.3 is 0 Å². The van der Waals surface area contributed by atoms with Gasteiger partial charge in [-0.3, -0.25) is 0 Å². The van der Waals surface area contributed by atoms with Crippen molar-refractivity contribution in [1.82, 2.24) is 0 Å². The highest BCUT2D eigenvalue weighted by molar-refractivity contribution is 5.93. The third-order valence-corrected chi connectivity index (χ3v) is 11.0. The first kappa shape index (κ1) is 32.7. The van der Waals surface area contributed by atoms with E-state index in [0.29, 0.717) is 0 Å². The Kier molecular flexibility index (Phi) is 7.94. The van der Waals surface area contributed by atoms with E-state index in [1.165, 1.54) is 78.3 Å². The van der Waals surface area contributed by atoms with Gasteiger partial charge in [0.25, 0.3) is 0 Å². The second kappa shape index (κ2) is 11.9. The van der Waals surface area contributed by atoms with E-state index < -0.39 is 0 Å². The van der Waals surface area contributed by atoms with Crippen molar-refractivity contribution in [2.75, 3.05) is 4.90 Å². The van der Waals surface area contributed by atoms with E-state index >= 15 is 0 Å². The average molecular weight is 640 g/mol. The minimum absolute atomic E-state index is 0.000820. The fraction of sp³-hybridized carbons (Fsp3) is 0.250. The van der Waals surface area contributed by atoms with Gasteiger partial charge in [-0.25, -0.2) is 0 Å². The maximum atomic E-state index is 2.53. The third kappa shape index (κ3) is 5.05.